The topological polar surface area (TPSA) is 162 Å². The number of thioether (sulfide) groups is 2. The molecule has 12 nitrogen and oxygen atoms in total. The molecule has 2 aliphatic rings. The predicted octanol–water partition coefficient (Wildman–Crippen LogP) is 1.63. The van der Waals surface area contributed by atoms with E-state index in [0.29, 0.717) is 35.6 Å². The summed E-state index contributed by atoms with van der Waals surface area (Å²) in [5.41, 5.74) is 1.13. The molecule has 3 N–H and O–H groups in total. The maximum Gasteiger partial charge on any atom is 0.338 e. The maximum absolute atomic E-state index is 13.5. The quantitative estimate of drug-likeness (QED) is 0.299. The van der Waals surface area contributed by atoms with Crippen molar-refractivity contribution in [3.63, 3.8) is 0 Å². The number of benzene rings is 2. The summed E-state index contributed by atoms with van der Waals surface area (Å²) in [5, 5.41) is 14.8. The van der Waals surface area contributed by atoms with Gasteiger partial charge in [0, 0.05) is 37.0 Å². The lowest BCUT2D eigenvalue weighted by molar-refractivity contribution is -0.139. The molecule has 2 aromatic rings. The van der Waals surface area contributed by atoms with Gasteiger partial charge < -0.3 is 30.3 Å². The number of fused-ring (bicyclic) bond motifs is 1. The molecule has 1 saturated heterocycles. The van der Waals surface area contributed by atoms with E-state index in [-0.39, 0.29) is 28.9 Å². The first-order valence-electron chi connectivity index (χ1n) is 14.0. The Kier molecular flexibility index (Phi) is 11.3. The van der Waals surface area contributed by atoms with E-state index in [2.05, 4.69) is 10.6 Å². The molecule has 0 aliphatic carbocycles. The highest BCUT2D eigenvalue weighted by atomic mass is 32.2. The standard InChI is InChI=1S/C30H34N4O8S2/c1-33(2)28(38)22-16-43-15-18-8-3-4-9-19(18)30(41)42-14-21(26(36)32-22)31-27(37)23-11-7-13-34(23)25(35)17-44-24-12-6-5-10-20(24)29(39)40/h3-6,8-10,12,21-23H,7,11,13-17H2,1-2H3,(H,31,37)(H,32,36)(H,39,40)/t21-,22-,23+/m1/s1. The van der Waals surface area contributed by atoms with Crippen LogP contribution in [-0.4, -0.2) is 107 Å². The number of carboxylic acid groups (broad SMARTS) is 1. The molecule has 3 atom stereocenters. The minimum atomic E-state index is -1.32. The molecule has 0 spiro atoms. The van der Waals surface area contributed by atoms with Crippen molar-refractivity contribution in [2.24, 2.45) is 0 Å². The summed E-state index contributed by atoms with van der Waals surface area (Å²) < 4.78 is 5.47. The van der Waals surface area contributed by atoms with E-state index < -0.39 is 48.5 Å². The number of carbonyl (C=O) groups excluding carboxylic acids is 5. The maximum atomic E-state index is 13.5. The Hall–Kier alpha value is -4.04. The average Bonchev–Trinajstić information content (AvgIpc) is 3.51. The third-order valence-corrected chi connectivity index (χ3v) is 9.34. The molecule has 2 aromatic carbocycles. The van der Waals surface area contributed by atoms with Crippen LogP contribution in [-0.2, 0) is 29.7 Å². The lowest BCUT2D eigenvalue weighted by Gasteiger charge is -2.28. The predicted molar refractivity (Wildman–Crippen MR) is 164 cm³/mol. The molecule has 4 amide bonds. The molecular formula is C30H34N4O8S2. The molecule has 2 heterocycles. The summed E-state index contributed by atoms with van der Waals surface area (Å²) in [6.07, 6.45) is 0.910. The van der Waals surface area contributed by atoms with Crippen LogP contribution in [0, 0.1) is 0 Å². The van der Waals surface area contributed by atoms with Crippen LogP contribution in [0.5, 0.6) is 0 Å². The molecular weight excluding hydrogens is 608 g/mol. The van der Waals surface area contributed by atoms with Gasteiger partial charge in [0.15, 0.2) is 0 Å². The number of esters is 1. The van der Waals surface area contributed by atoms with Crippen molar-refractivity contribution < 1.29 is 38.6 Å². The van der Waals surface area contributed by atoms with Crippen molar-refractivity contribution in [1.82, 2.24) is 20.4 Å². The molecule has 0 radical (unpaired) electrons. The first kappa shape index (κ1) is 32.9. The normalized spacial score (nSPS) is 20.7. The lowest BCUT2D eigenvalue weighted by Crippen LogP contribution is -2.58. The van der Waals surface area contributed by atoms with E-state index in [1.54, 1.807) is 56.6 Å². The van der Waals surface area contributed by atoms with E-state index in [1.807, 2.05) is 0 Å². The Labute approximate surface area is 263 Å². The first-order chi connectivity index (χ1) is 21.1. The lowest BCUT2D eigenvalue weighted by atomic mass is 10.1. The van der Waals surface area contributed by atoms with Crippen LogP contribution in [0.4, 0.5) is 0 Å². The third kappa shape index (κ3) is 8.11. The number of aromatic carboxylic acids is 1. The molecule has 0 saturated carbocycles. The largest absolute Gasteiger partial charge is 0.478 e. The monoisotopic (exact) mass is 642 g/mol. The van der Waals surface area contributed by atoms with Crippen LogP contribution in [0.2, 0.25) is 0 Å². The second-order valence-corrected chi connectivity index (χ2v) is 12.5. The number of likely N-dealkylation sites (N-methyl/N-ethyl adjacent to an activating group) is 1. The van der Waals surface area contributed by atoms with Crippen molar-refractivity contribution in [3.8, 4) is 0 Å². The number of amides is 4. The highest BCUT2D eigenvalue weighted by Crippen LogP contribution is 2.26. The number of carbonyl (C=O) groups is 6. The van der Waals surface area contributed by atoms with Crippen molar-refractivity contribution in [1.29, 1.82) is 0 Å². The number of nitrogens with one attached hydrogen (secondary N) is 2. The number of cyclic esters (lactones) is 1. The van der Waals surface area contributed by atoms with Gasteiger partial charge in [0.1, 0.15) is 24.7 Å². The second kappa shape index (κ2) is 15.1. The number of rotatable bonds is 7. The van der Waals surface area contributed by atoms with Crippen LogP contribution >= 0.6 is 23.5 Å². The fraction of sp³-hybridized carbons (Fsp3) is 0.400. The number of hydrogen-bond acceptors (Lipinski definition) is 9. The molecule has 44 heavy (non-hydrogen) atoms. The Morgan fingerprint density at radius 1 is 1.11 bits per heavy atom. The molecule has 2 aliphatic heterocycles. The van der Waals surface area contributed by atoms with Crippen LogP contribution in [0.25, 0.3) is 0 Å². The van der Waals surface area contributed by atoms with Gasteiger partial charge in [0.05, 0.1) is 16.9 Å². The van der Waals surface area contributed by atoms with Gasteiger partial charge in [0.25, 0.3) is 0 Å². The van der Waals surface area contributed by atoms with Crippen molar-refractivity contribution >= 4 is 59.1 Å². The Balaban J connectivity index is 1.49. The first-order valence-corrected chi connectivity index (χ1v) is 16.1. The van der Waals surface area contributed by atoms with Gasteiger partial charge in [-0.1, -0.05) is 30.3 Å². The van der Waals surface area contributed by atoms with E-state index in [9.17, 15) is 33.9 Å². The van der Waals surface area contributed by atoms with E-state index in [0.717, 1.165) is 17.3 Å². The number of likely N-dealkylation sites (tertiary alicyclic amines) is 1. The van der Waals surface area contributed by atoms with Crippen molar-refractivity contribution in [3.05, 3.63) is 65.2 Å². The molecule has 0 unspecified atom stereocenters. The Morgan fingerprint density at radius 3 is 2.59 bits per heavy atom. The van der Waals surface area contributed by atoms with Crippen LogP contribution < -0.4 is 10.6 Å². The SMILES string of the molecule is CN(C)C(=O)[C@H]1CSCc2ccccc2C(=O)OC[C@@H](NC(=O)[C@@H]2CCCN2C(=O)CSc2ccccc2C(=O)O)C(=O)N1. The minimum Gasteiger partial charge on any atom is -0.478 e. The van der Waals surface area contributed by atoms with Gasteiger partial charge in [-0.15, -0.1) is 11.8 Å². The van der Waals surface area contributed by atoms with Crippen molar-refractivity contribution in [2.75, 3.05) is 38.8 Å². The smallest absolute Gasteiger partial charge is 0.338 e. The van der Waals surface area contributed by atoms with E-state index >= 15 is 0 Å². The summed E-state index contributed by atoms with van der Waals surface area (Å²) in [7, 11) is 3.16. The minimum absolute atomic E-state index is 0.0798. The zero-order valence-corrected chi connectivity index (χ0v) is 25.9. The number of ether oxygens (including phenoxy) is 1. The summed E-state index contributed by atoms with van der Waals surface area (Å²) in [4.78, 5) is 80.6. The van der Waals surface area contributed by atoms with Gasteiger partial charge in [-0.05, 0) is 36.6 Å². The highest BCUT2D eigenvalue weighted by molar-refractivity contribution is 8.00. The Bertz CT molecular complexity index is 1440. The van der Waals surface area contributed by atoms with E-state index in [4.69, 9.17) is 4.74 Å². The summed E-state index contributed by atoms with van der Waals surface area (Å²) in [6.45, 7) is -0.166. The van der Waals surface area contributed by atoms with Crippen LogP contribution in [0.3, 0.4) is 0 Å². The zero-order valence-electron chi connectivity index (χ0n) is 24.3. The summed E-state index contributed by atoms with van der Waals surface area (Å²) >= 11 is 2.45. The van der Waals surface area contributed by atoms with Crippen LogP contribution in [0.1, 0.15) is 39.1 Å². The molecule has 4 rings (SSSR count). The van der Waals surface area contributed by atoms with Gasteiger partial charge in [-0.2, -0.15) is 11.8 Å². The zero-order chi connectivity index (χ0) is 31.8. The second-order valence-electron chi connectivity index (χ2n) is 10.5. The number of carboxylic acids is 1. The number of nitrogens with zero attached hydrogens (tertiary/aromatic N) is 2. The highest BCUT2D eigenvalue weighted by Gasteiger charge is 2.37. The third-order valence-electron chi connectivity index (χ3n) is 7.19. The summed E-state index contributed by atoms with van der Waals surface area (Å²) in [5.74, 6) is -3.15. The molecule has 0 bridgehead atoms. The fourth-order valence-corrected chi connectivity index (χ4v) is 6.89. The molecule has 1 fully saturated rings. The van der Waals surface area contributed by atoms with Gasteiger partial charge in [0.2, 0.25) is 23.6 Å². The molecule has 234 valence electrons. The summed E-state index contributed by atoms with van der Waals surface area (Å²) in [6, 6.07) is 10.2. The molecule has 0 aromatic heterocycles. The molecule has 14 heteroatoms. The van der Waals surface area contributed by atoms with Gasteiger partial charge in [-0.25, -0.2) is 9.59 Å². The van der Waals surface area contributed by atoms with Crippen molar-refractivity contribution in [2.45, 2.75) is 41.6 Å². The van der Waals surface area contributed by atoms with Gasteiger partial charge >= 0.3 is 11.9 Å². The number of hydrogen-bond donors (Lipinski definition) is 3. The Morgan fingerprint density at radius 2 is 1.84 bits per heavy atom. The van der Waals surface area contributed by atoms with Crippen LogP contribution in [0.15, 0.2) is 53.4 Å². The van der Waals surface area contributed by atoms with E-state index in [1.165, 1.54) is 27.6 Å². The fourth-order valence-electron chi connectivity index (χ4n) is 4.91. The average molecular weight is 643 g/mol. The van der Waals surface area contributed by atoms with Gasteiger partial charge in [-0.3, -0.25) is 19.2 Å².